The molecular weight excluding hydrogens is 298 g/mol. The zero-order valence-corrected chi connectivity index (χ0v) is 15.8. The highest BCUT2D eigenvalue weighted by Gasteiger charge is 2.12. The summed E-state index contributed by atoms with van der Waals surface area (Å²) in [6.07, 6.45) is 1.06. The molecule has 0 rings (SSSR count). The number of carbonyl (C=O) groups is 2. The van der Waals surface area contributed by atoms with Crippen LogP contribution in [0, 0.1) is 11.8 Å². The van der Waals surface area contributed by atoms with E-state index < -0.39 is 6.10 Å². The molecule has 0 heterocycles. The highest BCUT2D eigenvalue weighted by Crippen LogP contribution is 2.03. The van der Waals surface area contributed by atoms with Crippen LogP contribution in [0.1, 0.15) is 47.5 Å². The van der Waals surface area contributed by atoms with Gasteiger partial charge in [-0.2, -0.15) is 0 Å². The van der Waals surface area contributed by atoms with E-state index in [4.69, 9.17) is 14.6 Å². The Morgan fingerprint density at radius 3 is 1.74 bits per heavy atom. The van der Waals surface area contributed by atoms with Crippen LogP contribution in [0.15, 0.2) is 0 Å². The molecule has 0 aliphatic heterocycles. The molecule has 3 atom stereocenters. The lowest BCUT2D eigenvalue weighted by Crippen LogP contribution is -2.22. The van der Waals surface area contributed by atoms with Gasteiger partial charge in [-0.05, 0) is 33.9 Å². The lowest BCUT2D eigenvalue weighted by Gasteiger charge is -2.12. The normalized spacial score (nSPS) is 14.3. The summed E-state index contributed by atoms with van der Waals surface area (Å²) in [7, 11) is 3.91. The number of carbonyl (C=O) groups excluding carboxylic acids is 2. The van der Waals surface area contributed by atoms with Gasteiger partial charge < -0.3 is 19.5 Å². The number of likely N-dealkylation sites (N-methyl/N-ethyl adjacent to an activating group) is 1. The minimum Gasteiger partial charge on any atom is -0.464 e. The standard InChI is InChI=1S/C9H19NO2.C8H16O3/c1-5-8(2)9(11)12-7-6-10(3)4;1-4-6(2)8(10)11-5-7(3)9/h8H,5-7H2,1-4H3;6-7,9H,4-5H2,1-3H3. The predicted octanol–water partition coefficient (Wildman–Crippen LogP) is 2.09. The molecule has 23 heavy (non-hydrogen) atoms. The number of aliphatic hydroxyl groups excluding tert-OH is 1. The fourth-order valence-corrected chi connectivity index (χ4v) is 1.15. The van der Waals surface area contributed by atoms with Gasteiger partial charge in [0.25, 0.3) is 0 Å². The number of ether oxygens (including phenoxy) is 2. The summed E-state index contributed by atoms with van der Waals surface area (Å²) in [5.41, 5.74) is 0. The zero-order chi connectivity index (χ0) is 18.4. The van der Waals surface area contributed by atoms with Gasteiger partial charge in [0.1, 0.15) is 13.2 Å². The van der Waals surface area contributed by atoms with Crippen molar-refractivity contribution in [2.75, 3.05) is 33.9 Å². The minimum absolute atomic E-state index is 0.0344. The van der Waals surface area contributed by atoms with Crippen molar-refractivity contribution in [3.05, 3.63) is 0 Å². The van der Waals surface area contributed by atoms with Crippen LogP contribution in [-0.2, 0) is 19.1 Å². The number of rotatable bonds is 9. The quantitative estimate of drug-likeness (QED) is 0.651. The van der Waals surface area contributed by atoms with Crippen molar-refractivity contribution < 1.29 is 24.2 Å². The molecule has 0 radical (unpaired) electrons. The number of nitrogens with zero attached hydrogens (tertiary/aromatic N) is 1. The van der Waals surface area contributed by atoms with Crippen LogP contribution in [0.3, 0.4) is 0 Å². The van der Waals surface area contributed by atoms with E-state index in [1.165, 1.54) is 0 Å². The minimum atomic E-state index is -0.567. The molecule has 0 spiro atoms. The summed E-state index contributed by atoms with van der Waals surface area (Å²) in [5.74, 6) is -0.339. The largest absolute Gasteiger partial charge is 0.464 e. The molecule has 0 aromatic carbocycles. The highest BCUT2D eigenvalue weighted by atomic mass is 16.5. The zero-order valence-electron chi connectivity index (χ0n) is 15.8. The maximum absolute atomic E-state index is 11.1. The monoisotopic (exact) mass is 333 g/mol. The lowest BCUT2D eigenvalue weighted by atomic mass is 10.1. The van der Waals surface area contributed by atoms with Gasteiger partial charge in [0.2, 0.25) is 0 Å². The summed E-state index contributed by atoms with van der Waals surface area (Å²) in [6, 6.07) is 0. The first kappa shape index (κ1) is 24.1. The van der Waals surface area contributed by atoms with E-state index in [2.05, 4.69) is 0 Å². The van der Waals surface area contributed by atoms with E-state index in [1.54, 1.807) is 6.92 Å². The molecule has 0 aliphatic rings. The highest BCUT2D eigenvalue weighted by molar-refractivity contribution is 5.72. The molecule has 6 heteroatoms. The van der Waals surface area contributed by atoms with Gasteiger partial charge in [-0.3, -0.25) is 9.59 Å². The molecule has 1 N–H and O–H groups in total. The Morgan fingerprint density at radius 1 is 0.957 bits per heavy atom. The van der Waals surface area contributed by atoms with Crippen molar-refractivity contribution in [2.24, 2.45) is 11.8 Å². The molecule has 0 bridgehead atoms. The fourth-order valence-electron chi connectivity index (χ4n) is 1.15. The van der Waals surface area contributed by atoms with E-state index in [1.807, 2.05) is 46.7 Å². The molecule has 0 saturated carbocycles. The van der Waals surface area contributed by atoms with Crippen molar-refractivity contribution in [1.82, 2.24) is 4.90 Å². The van der Waals surface area contributed by atoms with Gasteiger partial charge in [0.15, 0.2) is 0 Å². The lowest BCUT2D eigenvalue weighted by molar-refractivity contribution is -0.150. The Morgan fingerprint density at radius 2 is 1.39 bits per heavy atom. The maximum atomic E-state index is 11.1. The van der Waals surface area contributed by atoms with Crippen molar-refractivity contribution in [3.8, 4) is 0 Å². The number of aliphatic hydroxyl groups is 1. The topological polar surface area (TPSA) is 76.1 Å². The number of hydrogen-bond donors (Lipinski definition) is 1. The molecule has 0 aromatic heterocycles. The van der Waals surface area contributed by atoms with E-state index in [9.17, 15) is 9.59 Å². The van der Waals surface area contributed by atoms with Crippen LogP contribution >= 0.6 is 0 Å². The molecule has 138 valence electrons. The average Bonchev–Trinajstić information content (AvgIpc) is 2.50. The van der Waals surface area contributed by atoms with Crippen LogP contribution in [0.25, 0.3) is 0 Å². The number of esters is 2. The molecule has 0 saturated heterocycles. The van der Waals surface area contributed by atoms with Gasteiger partial charge in [-0.15, -0.1) is 0 Å². The molecular formula is C17H35NO5. The second-order valence-corrected chi connectivity index (χ2v) is 6.07. The first-order chi connectivity index (χ1) is 10.6. The van der Waals surface area contributed by atoms with Gasteiger partial charge in [-0.25, -0.2) is 0 Å². The molecule has 3 unspecified atom stereocenters. The van der Waals surface area contributed by atoms with Crippen LogP contribution in [0.5, 0.6) is 0 Å². The molecule has 0 aromatic rings. The Bertz CT molecular complexity index is 318. The van der Waals surface area contributed by atoms with Crippen molar-refractivity contribution in [1.29, 1.82) is 0 Å². The first-order valence-corrected chi connectivity index (χ1v) is 8.31. The Kier molecular flexibility index (Phi) is 15.2. The number of hydrogen-bond acceptors (Lipinski definition) is 6. The van der Waals surface area contributed by atoms with E-state index in [0.29, 0.717) is 6.61 Å². The van der Waals surface area contributed by atoms with Crippen molar-refractivity contribution in [3.63, 3.8) is 0 Å². The van der Waals surface area contributed by atoms with Gasteiger partial charge in [-0.1, -0.05) is 27.7 Å². The van der Waals surface area contributed by atoms with E-state index in [0.717, 1.165) is 19.4 Å². The predicted molar refractivity (Wildman–Crippen MR) is 91.1 cm³/mol. The van der Waals surface area contributed by atoms with Crippen LogP contribution in [0.2, 0.25) is 0 Å². The van der Waals surface area contributed by atoms with Gasteiger partial charge in [0, 0.05) is 6.54 Å². The third-order valence-corrected chi connectivity index (χ3v) is 3.28. The smallest absolute Gasteiger partial charge is 0.308 e. The average molecular weight is 333 g/mol. The van der Waals surface area contributed by atoms with E-state index >= 15 is 0 Å². The second-order valence-electron chi connectivity index (χ2n) is 6.07. The van der Waals surface area contributed by atoms with Crippen molar-refractivity contribution in [2.45, 2.75) is 53.6 Å². The molecule has 0 amide bonds. The Hall–Kier alpha value is -1.14. The molecule has 0 aliphatic carbocycles. The fraction of sp³-hybridized carbons (Fsp3) is 0.882. The maximum Gasteiger partial charge on any atom is 0.308 e. The summed E-state index contributed by atoms with van der Waals surface area (Å²) in [5, 5.41) is 8.78. The first-order valence-electron chi connectivity index (χ1n) is 8.31. The van der Waals surface area contributed by atoms with Gasteiger partial charge >= 0.3 is 11.9 Å². The summed E-state index contributed by atoms with van der Waals surface area (Å²) >= 11 is 0. The van der Waals surface area contributed by atoms with Crippen LogP contribution in [0.4, 0.5) is 0 Å². The van der Waals surface area contributed by atoms with Crippen LogP contribution < -0.4 is 0 Å². The van der Waals surface area contributed by atoms with Gasteiger partial charge in [0.05, 0.1) is 17.9 Å². The molecule has 0 fully saturated rings. The van der Waals surface area contributed by atoms with E-state index in [-0.39, 0.29) is 30.4 Å². The van der Waals surface area contributed by atoms with Crippen molar-refractivity contribution >= 4 is 11.9 Å². The SMILES string of the molecule is CCC(C)C(=O)OCC(C)O.CCC(C)C(=O)OCCN(C)C. The summed E-state index contributed by atoms with van der Waals surface area (Å²) in [6.45, 7) is 10.6. The Balaban J connectivity index is 0. The third-order valence-electron chi connectivity index (χ3n) is 3.28. The molecule has 6 nitrogen and oxygen atoms in total. The third kappa shape index (κ3) is 15.5. The Labute approximate surface area is 141 Å². The second kappa shape index (κ2) is 14.5. The summed E-state index contributed by atoms with van der Waals surface area (Å²) in [4.78, 5) is 24.0. The summed E-state index contributed by atoms with van der Waals surface area (Å²) < 4.78 is 9.79. The van der Waals surface area contributed by atoms with Crippen LogP contribution in [-0.4, -0.2) is 61.9 Å².